The van der Waals surface area contributed by atoms with Crippen molar-refractivity contribution in [2.75, 3.05) is 0 Å². The lowest BCUT2D eigenvalue weighted by Crippen LogP contribution is -1.77. The van der Waals surface area contributed by atoms with Crippen LogP contribution in [-0.4, -0.2) is 4.40 Å². The Hall–Kier alpha value is -3.06. The molecule has 0 unspecified atom stereocenters. The van der Waals surface area contributed by atoms with Gasteiger partial charge in [-0.1, -0.05) is 54.6 Å². The third-order valence-corrected chi connectivity index (χ3v) is 5.13. The minimum Gasteiger partial charge on any atom is -0.315 e. The van der Waals surface area contributed by atoms with Crippen molar-refractivity contribution in [3.8, 4) is 0 Å². The van der Waals surface area contributed by atoms with Crippen molar-refractivity contribution in [2.45, 2.75) is 0 Å². The van der Waals surface area contributed by atoms with Gasteiger partial charge in [0.05, 0.1) is 11.0 Å². The van der Waals surface area contributed by atoms with Crippen molar-refractivity contribution >= 4 is 48.7 Å². The zero-order chi connectivity index (χ0) is 15.0. The monoisotopic (exact) mass is 291 g/mol. The van der Waals surface area contributed by atoms with E-state index in [4.69, 9.17) is 0 Å². The van der Waals surface area contributed by atoms with Crippen LogP contribution in [0.15, 0.2) is 79.0 Å². The Morgan fingerprint density at radius 3 is 2.26 bits per heavy atom. The molecule has 0 aliphatic carbocycles. The van der Waals surface area contributed by atoms with E-state index in [9.17, 15) is 0 Å². The average molecular weight is 291 g/mol. The molecule has 106 valence electrons. The molecule has 23 heavy (non-hydrogen) atoms. The Balaban J connectivity index is 2.04. The first-order chi connectivity index (χ1) is 11.4. The average Bonchev–Trinajstić information content (AvgIpc) is 3.18. The van der Waals surface area contributed by atoms with Gasteiger partial charge in [-0.15, -0.1) is 0 Å². The maximum atomic E-state index is 2.35. The van der Waals surface area contributed by atoms with Crippen LogP contribution >= 0.6 is 0 Å². The molecule has 4 aromatic carbocycles. The van der Waals surface area contributed by atoms with Crippen molar-refractivity contribution in [1.82, 2.24) is 4.40 Å². The molecular formula is C22H13N. The molecule has 0 atom stereocenters. The third-order valence-electron chi connectivity index (χ3n) is 5.13. The summed E-state index contributed by atoms with van der Waals surface area (Å²) in [5, 5.41) is 9.36. The van der Waals surface area contributed by atoms with E-state index in [0.717, 1.165) is 0 Å². The molecule has 2 heterocycles. The molecule has 0 amide bonds. The summed E-state index contributed by atoms with van der Waals surface area (Å²) < 4.78 is 2.35. The highest BCUT2D eigenvalue weighted by Gasteiger charge is 2.15. The van der Waals surface area contributed by atoms with Gasteiger partial charge in [0, 0.05) is 22.4 Å². The number of benzene rings is 4. The number of nitrogens with zero attached hydrogens (tertiary/aromatic N) is 1. The summed E-state index contributed by atoms with van der Waals surface area (Å²) in [6, 6.07) is 26.4. The molecule has 6 aromatic rings. The van der Waals surface area contributed by atoms with Gasteiger partial charge in [0.2, 0.25) is 0 Å². The largest absolute Gasteiger partial charge is 0.315 e. The Labute approximate surface area is 132 Å². The second-order valence-corrected chi connectivity index (χ2v) is 6.27. The lowest BCUT2D eigenvalue weighted by Gasteiger charge is -2.02. The minimum absolute atomic E-state index is 1.30. The van der Waals surface area contributed by atoms with Gasteiger partial charge in [-0.05, 0) is 39.7 Å². The van der Waals surface area contributed by atoms with Gasteiger partial charge >= 0.3 is 0 Å². The van der Waals surface area contributed by atoms with Crippen LogP contribution in [0.2, 0.25) is 0 Å². The molecule has 0 bridgehead atoms. The zero-order valence-electron chi connectivity index (χ0n) is 12.5. The molecule has 0 fully saturated rings. The second-order valence-electron chi connectivity index (χ2n) is 6.27. The molecule has 0 N–H and O–H groups in total. The maximum absolute atomic E-state index is 2.35. The first-order valence-corrected chi connectivity index (χ1v) is 7.97. The van der Waals surface area contributed by atoms with Gasteiger partial charge in [-0.3, -0.25) is 0 Å². The summed E-state index contributed by atoms with van der Waals surface area (Å²) in [5.74, 6) is 0. The fraction of sp³-hybridized carbons (Fsp3) is 0. The van der Waals surface area contributed by atoms with E-state index < -0.39 is 0 Å². The van der Waals surface area contributed by atoms with Crippen molar-refractivity contribution in [3.63, 3.8) is 0 Å². The van der Waals surface area contributed by atoms with Gasteiger partial charge in [0.25, 0.3) is 0 Å². The second kappa shape index (κ2) is 3.82. The Kier molecular flexibility index (Phi) is 1.91. The van der Waals surface area contributed by atoms with E-state index in [0.29, 0.717) is 0 Å². The van der Waals surface area contributed by atoms with Crippen molar-refractivity contribution in [3.05, 3.63) is 79.0 Å². The Morgan fingerprint density at radius 2 is 1.35 bits per heavy atom. The molecule has 0 spiro atoms. The van der Waals surface area contributed by atoms with Crippen LogP contribution in [0, 0.1) is 0 Å². The summed E-state index contributed by atoms with van der Waals surface area (Å²) in [4.78, 5) is 0. The van der Waals surface area contributed by atoms with Crippen LogP contribution < -0.4 is 0 Å². The highest BCUT2D eigenvalue weighted by molar-refractivity contribution is 6.28. The summed E-state index contributed by atoms with van der Waals surface area (Å²) in [6.45, 7) is 0. The van der Waals surface area contributed by atoms with E-state index in [1.807, 2.05) is 0 Å². The molecular weight excluding hydrogens is 278 g/mol. The van der Waals surface area contributed by atoms with Crippen LogP contribution in [0.3, 0.4) is 0 Å². The molecule has 2 aromatic heterocycles. The fourth-order valence-electron chi connectivity index (χ4n) is 4.15. The van der Waals surface area contributed by atoms with Crippen LogP contribution in [0.5, 0.6) is 0 Å². The summed E-state index contributed by atoms with van der Waals surface area (Å²) in [7, 11) is 0. The molecule has 0 aliphatic rings. The van der Waals surface area contributed by atoms with Crippen LogP contribution in [0.4, 0.5) is 0 Å². The van der Waals surface area contributed by atoms with Crippen LogP contribution in [-0.2, 0) is 0 Å². The predicted octanol–water partition coefficient (Wildman–Crippen LogP) is 5.99. The first-order valence-electron chi connectivity index (χ1n) is 7.97. The van der Waals surface area contributed by atoms with Crippen LogP contribution in [0.25, 0.3) is 48.7 Å². The minimum atomic E-state index is 1.30. The predicted molar refractivity (Wildman–Crippen MR) is 98.6 cm³/mol. The van der Waals surface area contributed by atoms with E-state index in [1.54, 1.807) is 0 Å². The third kappa shape index (κ3) is 1.29. The normalized spacial score (nSPS) is 12.3. The zero-order valence-corrected chi connectivity index (χ0v) is 12.5. The molecule has 6 rings (SSSR count). The van der Waals surface area contributed by atoms with Gasteiger partial charge in [0.1, 0.15) is 0 Å². The molecule has 1 heteroatoms. The van der Waals surface area contributed by atoms with Crippen molar-refractivity contribution in [2.24, 2.45) is 0 Å². The fourth-order valence-corrected chi connectivity index (χ4v) is 4.15. The van der Waals surface area contributed by atoms with E-state index >= 15 is 0 Å². The Morgan fingerprint density at radius 1 is 0.565 bits per heavy atom. The first kappa shape index (κ1) is 11.5. The van der Waals surface area contributed by atoms with Crippen molar-refractivity contribution < 1.29 is 0 Å². The van der Waals surface area contributed by atoms with Crippen molar-refractivity contribution in [1.29, 1.82) is 0 Å². The molecule has 0 saturated carbocycles. The standard InChI is InChI=1S/C22H13N/c1-4-8-17-14(5-1)9-10-20-21(17)19-13-15-6-2-3-7-16(15)18-11-12-23(20)22(18)19/h1-13H. The summed E-state index contributed by atoms with van der Waals surface area (Å²) in [6.07, 6.45) is 2.21. The molecule has 0 saturated heterocycles. The lowest BCUT2D eigenvalue weighted by molar-refractivity contribution is 1.31. The van der Waals surface area contributed by atoms with Gasteiger partial charge in [-0.2, -0.15) is 0 Å². The maximum Gasteiger partial charge on any atom is 0.0614 e. The molecule has 1 nitrogen and oxygen atoms in total. The number of aromatic nitrogens is 1. The molecule has 0 radical (unpaired) electrons. The van der Waals surface area contributed by atoms with E-state index in [-0.39, 0.29) is 0 Å². The van der Waals surface area contributed by atoms with Crippen LogP contribution in [0.1, 0.15) is 0 Å². The quantitative estimate of drug-likeness (QED) is 0.324. The SMILES string of the molecule is c1ccc2c(c1)cc1c3c4ccccc4ccc3n3ccc2c13. The van der Waals surface area contributed by atoms with E-state index in [2.05, 4.69) is 83.4 Å². The topological polar surface area (TPSA) is 4.41 Å². The number of hydrogen-bond donors (Lipinski definition) is 0. The number of fused-ring (bicyclic) bond motifs is 7. The van der Waals surface area contributed by atoms with Gasteiger partial charge in [-0.25, -0.2) is 0 Å². The number of rotatable bonds is 0. The van der Waals surface area contributed by atoms with Gasteiger partial charge < -0.3 is 4.40 Å². The summed E-state index contributed by atoms with van der Waals surface area (Å²) in [5.41, 5.74) is 2.64. The lowest BCUT2D eigenvalue weighted by atomic mass is 10.00. The highest BCUT2D eigenvalue weighted by Crippen LogP contribution is 2.40. The smallest absolute Gasteiger partial charge is 0.0614 e. The molecule has 0 aliphatic heterocycles. The van der Waals surface area contributed by atoms with E-state index in [1.165, 1.54) is 48.7 Å². The van der Waals surface area contributed by atoms with Gasteiger partial charge in [0.15, 0.2) is 0 Å². The summed E-state index contributed by atoms with van der Waals surface area (Å²) >= 11 is 0. The highest BCUT2D eigenvalue weighted by atomic mass is 14.9. The number of hydrogen-bond acceptors (Lipinski definition) is 0. The Bertz CT molecular complexity index is 1350.